The Morgan fingerprint density at radius 2 is 2.10 bits per heavy atom. The first-order valence-corrected chi connectivity index (χ1v) is 8.28. The monoisotopic (exact) mass is 435 g/mol. The first-order chi connectivity index (χ1) is 9.80. The fourth-order valence-corrected chi connectivity index (χ4v) is 3.63. The standard InChI is InChI=1S/C15H12Cl2INO2/c1-15(2)10(20)6-11(15)21-14-9(18)5-8(16)7-3-4-12(17)19-13(7)14/h3-5,11H,6H2,1-2H3. The van der Waals surface area contributed by atoms with Gasteiger partial charge in [-0.3, -0.25) is 4.79 Å². The summed E-state index contributed by atoms with van der Waals surface area (Å²) >= 11 is 14.4. The average molecular weight is 436 g/mol. The van der Waals surface area contributed by atoms with E-state index in [0.717, 1.165) is 8.96 Å². The average Bonchev–Trinajstić information content (AvgIpc) is 2.41. The summed E-state index contributed by atoms with van der Waals surface area (Å²) in [6.07, 6.45) is 0.275. The number of hydrogen-bond donors (Lipinski definition) is 0. The lowest BCUT2D eigenvalue weighted by Gasteiger charge is -2.42. The minimum Gasteiger partial charge on any atom is -0.486 e. The van der Waals surface area contributed by atoms with Gasteiger partial charge in [-0.25, -0.2) is 4.98 Å². The molecule has 1 aromatic heterocycles. The molecule has 1 atom stereocenters. The summed E-state index contributed by atoms with van der Waals surface area (Å²) in [5.41, 5.74) is 0.169. The Bertz CT molecular complexity index is 761. The van der Waals surface area contributed by atoms with Gasteiger partial charge in [0.05, 0.1) is 14.0 Å². The van der Waals surface area contributed by atoms with Gasteiger partial charge in [-0.1, -0.05) is 23.2 Å². The first kappa shape index (κ1) is 15.3. The fourth-order valence-electron chi connectivity index (χ4n) is 2.35. The molecule has 3 rings (SSSR count). The number of aromatic nitrogens is 1. The van der Waals surface area contributed by atoms with Gasteiger partial charge in [0.2, 0.25) is 0 Å². The molecule has 0 amide bonds. The second-order valence-electron chi connectivity index (χ2n) is 5.65. The molecule has 2 aromatic rings. The Hall–Kier alpha value is -0.590. The van der Waals surface area contributed by atoms with Crippen LogP contribution in [0.1, 0.15) is 20.3 Å². The highest BCUT2D eigenvalue weighted by molar-refractivity contribution is 14.1. The van der Waals surface area contributed by atoms with E-state index in [-0.39, 0.29) is 11.9 Å². The molecule has 3 nitrogen and oxygen atoms in total. The van der Waals surface area contributed by atoms with Crippen LogP contribution in [0.2, 0.25) is 10.2 Å². The van der Waals surface area contributed by atoms with Gasteiger partial charge in [-0.05, 0) is 54.6 Å². The van der Waals surface area contributed by atoms with Crippen LogP contribution in [0, 0.1) is 8.99 Å². The van der Waals surface area contributed by atoms with Gasteiger partial charge in [0.15, 0.2) is 5.75 Å². The summed E-state index contributed by atoms with van der Waals surface area (Å²) in [5, 5.41) is 1.78. The first-order valence-electron chi connectivity index (χ1n) is 6.45. The largest absolute Gasteiger partial charge is 0.486 e. The van der Waals surface area contributed by atoms with E-state index >= 15 is 0 Å². The highest BCUT2D eigenvalue weighted by Gasteiger charge is 2.49. The number of ether oxygens (including phenoxy) is 1. The number of Topliss-reactive ketones (excluding diaryl/α,β-unsaturated/α-hetero) is 1. The number of nitrogens with zero attached hydrogens (tertiary/aromatic N) is 1. The number of halogens is 3. The van der Waals surface area contributed by atoms with Crippen molar-refractivity contribution in [3.05, 3.63) is 31.9 Å². The van der Waals surface area contributed by atoms with Gasteiger partial charge in [0.25, 0.3) is 0 Å². The number of carbonyl (C=O) groups excluding carboxylic acids is 1. The molecule has 1 unspecified atom stereocenters. The van der Waals surface area contributed by atoms with Crippen LogP contribution in [0.25, 0.3) is 10.9 Å². The van der Waals surface area contributed by atoms with E-state index in [1.165, 1.54) is 0 Å². The zero-order chi connectivity index (χ0) is 15.4. The molecule has 1 aliphatic carbocycles. The molecule has 1 heterocycles. The van der Waals surface area contributed by atoms with Crippen molar-refractivity contribution in [3.63, 3.8) is 0 Å². The maximum Gasteiger partial charge on any atom is 0.159 e. The third kappa shape index (κ3) is 2.51. The third-order valence-corrected chi connectivity index (χ3v) is 5.28. The Labute approximate surface area is 146 Å². The lowest BCUT2D eigenvalue weighted by molar-refractivity contribution is -0.147. The van der Waals surface area contributed by atoms with Gasteiger partial charge in [0.1, 0.15) is 22.6 Å². The molecule has 1 saturated carbocycles. The van der Waals surface area contributed by atoms with E-state index < -0.39 is 5.41 Å². The zero-order valence-electron chi connectivity index (χ0n) is 11.4. The van der Waals surface area contributed by atoms with E-state index in [1.54, 1.807) is 6.07 Å². The summed E-state index contributed by atoms with van der Waals surface area (Å²) in [6, 6.07) is 5.36. The van der Waals surface area contributed by atoms with Gasteiger partial charge < -0.3 is 4.74 Å². The maximum absolute atomic E-state index is 11.7. The molecule has 0 saturated heterocycles. The summed E-state index contributed by atoms with van der Waals surface area (Å²) in [6.45, 7) is 3.80. The number of carbonyl (C=O) groups is 1. The minimum absolute atomic E-state index is 0.149. The van der Waals surface area contributed by atoms with Crippen LogP contribution in [-0.4, -0.2) is 16.9 Å². The molecule has 0 aliphatic heterocycles. The number of hydrogen-bond acceptors (Lipinski definition) is 3. The molecular formula is C15H12Cl2INO2. The maximum atomic E-state index is 11.7. The minimum atomic E-state index is -0.465. The van der Waals surface area contributed by atoms with E-state index in [4.69, 9.17) is 27.9 Å². The molecule has 0 bridgehead atoms. The van der Waals surface area contributed by atoms with E-state index in [0.29, 0.717) is 27.9 Å². The van der Waals surface area contributed by atoms with Crippen molar-refractivity contribution in [2.45, 2.75) is 26.4 Å². The Morgan fingerprint density at radius 3 is 2.71 bits per heavy atom. The van der Waals surface area contributed by atoms with Gasteiger partial charge in [0, 0.05) is 11.8 Å². The van der Waals surface area contributed by atoms with Gasteiger partial charge in [-0.2, -0.15) is 0 Å². The predicted octanol–water partition coefficient (Wildman–Crippen LogP) is 4.89. The number of benzene rings is 1. The molecule has 0 radical (unpaired) electrons. The van der Waals surface area contributed by atoms with Crippen LogP contribution < -0.4 is 4.74 Å². The number of ketones is 1. The Kier molecular flexibility index (Phi) is 3.83. The third-order valence-electron chi connectivity index (χ3n) is 3.96. The molecular weight excluding hydrogens is 424 g/mol. The number of fused-ring (bicyclic) bond motifs is 1. The Balaban J connectivity index is 2.10. The molecule has 0 N–H and O–H groups in total. The molecule has 21 heavy (non-hydrogen) atoms. The van der Waals surface area contributed by atoms with Crippen LogP contribution in [0.15, 0.2) is 18.2 Å². The van der Waals surface area contributed by atoms with Crippen molar-refractivity contribution in [2.75, 3.05) is 0 Å². The summed E-state index contributed by atoms with van der Waals surface area (Å²) < 4.78 is 6.94. The number of pyridine rings is 1. The van der Waals surface area contributed by atoms with E-state index in [9.17, 15) is 4.79 Å². The highest BCUT2D eigenvalue weighted by atomic mass is 127. The van der Waals surface area contributed by atoms with Crippen molar-refractivity contribution in [3.8, 4) is 5.75 Å². The Morgan fingerprint density at radius 1 is 1.38 bits per heavy atom. The van der Waals surface area contributed by atoms with Crippen LogP contribution in [0.4, 0.5) is 0 Å². The molecule has 1 aromatic carbocycles. The lowest BCUT2D eigenvalue weighted by atomic mass is 9.68. The zero-order valence-corrected chi connectivity index (χ0v) is 15.1. The van der Waals surface area contributed by atoms with Gasteiger partial charge >= 0.3 is 0 Å². The molecule has 6 heteroatoms. The summed E-state index contributed by atoms with van der Waals surface area (Å²) in [7, 11) is 0. The van der Waals surface area contributed by atoms with Crippen molar-refractivity contribution in [2.24, 2.45) is 5.41 Å². The van der Waals surface area contributed by atoms with E-state index in [1.807, 2.05) is 26.0 Å². The van der Waals surface area contributed by atoms with Crippen LogP contribution in [-0.2, 0) is 4.79 Å². The van der Waals surface area contributed by atoms with E-state index in [2.05, 4.69) is 27.6 Å². The molecule has 1 aliphatic rings. The van der Waals surface area contributed by atoms with Crippen molar-refractivity contribution < 1.29 is 9.53 Å². The van der Waals surface area contributed by atoms with Crippen molar-refractivity contribution in [1.29, 1.82) is 0 Å². The van der Waals surface area contributed by atoms with Crippen LogP contribution >= 0.6 is 45.8 Å². The quantitative estimate of drug-likeness (QED) is 0.497. The normalized spacial score (nSPS) is 20.4. The van der Waals surface area contributed by atoms with Gasteiger partial charge in [-0.15, -0.1) is 0 Å². The topological polar surface area (TPSA) is 39.2 Å². The predicted molar refractivity (Wildman–Crippen MR) is 92.3 cm³/mol. The summed E-state index contributed by atoms with van der Waals surface area (Å²) in [5.74, 6) is 0.856. The van der Waals surface area contributed by atoms with Crippen LogP contribution in [0.5, 0.6) is 5.75 Å². The van der Waals surface area contributed by atoms with Crippen molar-refractivity contribution in [1.82, 2.24) is 4.98 Å². The fraction of sp³-hybridized carbons (Fsp3) is 0.333. The second kappa shape index (κ2) is 5.25. The SMILES string of the molecule is CC1(C)C(=O)CC1Oc1c(I)cc(Cl)c2ccc(Cl)nc12. The van der Waals surface area contributed by atoms with Crippen molar-refractivity contribution >= 4 is 62.5 Å². The number of rotatable bonds is 2. The van der Waals surface area contributed by atoms with Crippen LogP contribution in [0.3, 0.4) is 0 Å². The second-order valence-corrected chi connectivity index (χ2v) is 7.61. The molecule has 110 valence electrons. The lowest BCUT2D eigenvalue weighted by Crippen LogP contribution is -2.53. The summed E-state index contributed by atoms with van der Waals surface area (Å²) in [4.78, 5) is 16.0. The smallest absolute Gasteiger partial charge is 0.159 e. The molecule has 0 spiro atoms. The molecule has 1 fully saturated rings. The highest BCUT2D eigenvalue weighted by Crippen LogP contribution is 2.43.